The average Bonchev–Trinajstić information content (AvgIpc) is 3.52. The zero-order valence-electron chi connectivity index (χ0n) is 28.6. The van der Waals surface area contributed by atoms with Crippen molar-refractivity contribution in [2.75, 3.05) is 0 Å². The fraction of sp³-hybridized carbons (Fsp3) is 0.208. The van der Waals surface area contributed by atoms with Crippen LogP contribution in [0.2, 0.25) is 0 Å². The number of rotatable bonds is 5. The first kappa shape index (κ1) is 29.2. The maximum Gasteiger partial charge on any atom is 0.140 e. The van der Waals surface area contributed by atoms with Gasteiger partial charge in [0, 0.05) is 27.4 Å². The molecule has 4 aliphatic carbocycles. The van der Waals surface area contributed by atoms with Gasteiger partial charge in [0.25, 0.3) is 0 Å². The standard InChI is InChI=1S/C48H39N3/c1-3-11-33(12-4-1)34-19-21-35(22-20-34)46-41-16-7-9-17-43(41)49-47(50-46)48(37-26-31-25-32(28-37)29-38(48)27-31)36-23-24-45-42(30-36)40-15-8-10-18-44(40)51(45)39-13-5-2-6-14-39/h1-24,30-32,37-38H,25-29H2. The lowest BCUT2D eigenvalue weighted by atomic mass is 9.43. The van der Waals surface area contributed by atoms with Gasteiger partial charge in [-0.25, -0.2) is 9.97 Å². The summed E-state index contributed by atoms with van der Waals surface area (Å²) in [6, 6.07) is 55.4. The van der Waals surface area contributed by atoms with Crippen molar-refractivity contribution in [1.82, 2.24) is 14.5 Å². The number of para-hydroxylation sites is 3. The van der Waals surface area contributed by atoms with Gasteiger partial charge in [0.05, 0.1) is 27.7 Å². The summed E-state index contributed by atoms with van der Waals surface area (Å²) in [5.41, 5.74) is 10.6. The van der Waals surface area contributed by atoms with Gasteiger partial charge in [0.1, 0.15) is 5.82 Å². The van der Waals surface area contributed by atoms with E-state index in [-0.39, 0.29) is 5.41 Å². The number of benzene rings is 6. The van der Waals surface area contributed by atoms with E-state index >= 15 is 0 Å². The first-order valence-electron chi connectivity index (χ1n) is 18.8. The molecule has 51 heavy (non-hydrogen) atoms. The fourth-order valence-electron chi connectivity index (χ4n) is 10.9. The van der Waals surface area contributed by atoms with Gasteiger partial charge in [-0.3, -0.25) is 0 Å². The summed E-state index contributed by atoms with van der Waals surface area (Å²) >= 11 is 0. The minimum absolute atomic E-state index is 0.236. The second-order valence-corrected chi connectivity index (χ2v) is 15.4. The molecule has 4 bridgehead atoms. The molecule has 12 rings (SSSR count). The molecule has 4 fully saturated rings. The van der Waals surface area contributed by atoms with E-state index in [2.05, 4.69) is 156 Å². The van der Waals surface area contributed by atoms with Crippen LogP contribution < -0.4 is 0 Å². The molecule has 2 heterocycles. The Morgan fingerprint density at radius 2 is 1.06 bits per heavy atom. The van der Waals surface area contributed by atoms with Crippen LogP contribution in [0.1, 0.15) is 43.5 Å². The predicted molar refractivity (Wildman–Crippen MR) is 209 cm³/mol. The van der Waals surface area contributed by atoms with Crippen molar-refractivity contribution in [2.24, 2.45) is 23.7 Å². The predicted octanol–water partition coefficient (Wildman–Crippen LogP) is 11.8. The highest BCUT2D eigenvalue weighted by molar-refractivity contribution is 6.09. The Labute approximate surface area is 298 Å². The molecule has 0 N–H and O–H groups in total. The van der Waals surface area contributed by atoms with Crippen LogP contribution >= 0.6 is 0 Å². The van der Waals surface area contributed by atoms with Crippen LogP contribution in [0.3, 0.4) is 0 Å². The molecule has 3 heteroatoms. The van der Waals surface area contributed by atoms with Gasteiger partial charge in [-0.2, -0.15) is 0 Å². The Bertz CT molecular complexity index is 2550. The monoisotopic (exact) mass is 657 g/mol. The quantitative estimate of drug-likeness (QED) is 0.184. The van der Waals surface area contributed by atoms with Crippen molar-refractivity contribution in [3.05, 3.63) is 163 Å². The van der Waals surface area contributed by atoms with Crippen LogP contribution in [0.4, 0.5) is 0 Å². The van der Waals surface area contributed by atoms with Crippen molar-refractivity contribution in [3.63, 3.8) is 0 Å². The first-order valence-corrected chi connectivity index (χ1v) is 18.8. The molecule has 0 saturated heterocycles. The minimum atomic E-state index is -0.236. The normalized spacial score (nSPS) is 23.8. The second-order valence-electron chi connectivity index (χ2n) is 15.4. The third kappa shape index (κ3) is 4.37. The summed E-state index contributed by atoms with van der Waals surface area (Å²) in [6.45, 7) is 0. The molecule has 0 aliphatic heterocycles. The lowest BCUT2D eigenvalue weighted by Crippen LogP contribution is -2.56. The highest BCUT2D eigenvalue weighted by Crippen LogP contribution is 2.65. The summed E-state index contributed by atoms with van der Waals surface area (Å²) in [5.74, 6) is 3.75. The third-order valence-electron chi connectivity index (χ3n) is 12.8. The van der Waals surface area contributed by atoms with E-state index in [1.165, 1.54) is 76.3 Å². The Morgan fingerprint density at radius 1 is 0.471 bits per heavy atom. The summed E-state index contributed by atoms with van der Waals surface area (Å²) < 4.78 is 2.43. The second kappa shape index (κ2) is 11.2. The molecule has 0 amide bonds. The van der Waals surface area contributed by atoms with Gasteiger partial charge in [-0.15, -0.1) is 0 Å². The van der Waals surface area contributed by atoms with Gasteiger partial charge < -0.3 is 4.57 Å². The third-order valence-corrected chi connectivity index (χ3v) is 12.8. The minimum Gasteiger partial charge on any atom is -0.309 e. The molecule has 6 aromatic carbocycles. The smallest absolute Gasteiger partial charge is 0.140 e. The van der Waals surface area contributed by atoms with E-state index in [9.17, 15) is 0 Å². The van der Waals surface area contributed by atoms with Gasteiger partial charge in [0.2, 0.25) is 0 Å². The average molecular weight is 658 g/mol. The van der Waals surface area contributed by atoms with Crippen molar-refractivity contribution < 1.29 is 0 Å². The van der Waals surface area contributed by atoms with Crippen LogP contribution in [-0.4, -0.2) is 14.5 Å². The summed E-state index contributed by atoms with van der Waals surface area (Å²) in [6.07, 6.45) is 6.49. The summed E-state index contributed by atoms with van der Waals surface area (Å²) in [5, 5.41) is 3.74. The molecule has 2 aromatic heterocycles. The van der Waals surface area contributed by atoms with Crippen molar-refractivity contribution >= 4 is 32.7 Å². The lowest BCUT2D eigenvalue weighted by Gasteiger charge is -2.60. The van der Waals surface area contributed by atoms with Crippen molar-refractivity contribution in [2.45, 2.75) is 37.5 Å². The van der Waals surface area contributed by atoms with E-state index in [4.69, 9.17) is 9.97 Å². The molecule has 0 spiro atoms. The molecule has 8 aromatic rings. The molecular formula is C48H39N3. The Hall–Kier alpha value is -5.54. The van der Waals surface area contributed by atoms with Gasteiger partial charge in [0.15, 0.2) is 0 Å². The van der Waals surface area contributed by atoms with Crippen LogP contribution in [0.5, 0.6) is 0 Å². The molecule has 4 aliphatic rings. The molecule has 0 unspecified atom stereocenters. The van der Waals surface area contributed by atoms with Crippen LogP contribution in [0.25, 0.3) is 60.8 Å². The number of fused-ring (bicyclic) bond motifs is 4. The zero-order valence-corrected chi connectivity index (χ0v) is 28.6. The Morgan fingerprint density at radius 3 is 1.80 bits per heavy atom. The number of aromatic nitrogens is 3. The number of hydrogen-bond acceptors (Lipinski definition) is 2. The lowest BCUT2D eigenvalue weighted by molar-refractivity contribution is -0.0452. The fourth-order valence-corrected chi connectivity index (χ4v) is 10.9. The molecular weight excluding hydrogens is 619 g/mol. The Kier molecular flexibility index (Phi) is 6.44. The van der Waals surface area contributed by atoms with E-state index in [1.54, 1.807) is 0 Å². The SMILES string of the molecule is c1ccc(-c2ccc(-c3nc(C4(c5ccc6c(c5)c5ccccc5n6-c5ccccc5)C5CC6CC(C5)CC4C6)nc4ccccc34)cc2)cc1. The summed E-state index contributed by atoms with van der Waals surface area (Å²) in [4.78, 5) is 11.3. The Balaban J connectivity index is 1.15. The largest absolute Gasteiger partial charge is 0.309 e. The first-order chi connectivity index (χ1) is 25.2. The molecule has 246 valence electrons. The molecule has 3 nitrogen and oxygen atoms in total. The van der Waals surface area contributed by atoms with E-state index < -0.39 is 0 Å². The van der Waals surface area contributed by atoms with E-state index in [0.717, 1.165) is 39.8 Å². The van der Waals surface area contributed by atoms with Crippen LogP contribution in [-0.2, 0) is 5.41 Å². The van der Waals surface area contributed by atoms with Crippen LogP contribution in [0.15, 0.2) is 152 Å². The topological polar surface area (TPSA) is 30.7 Å². The summed E-state index contributed by atoms with van der Waals surface area (Å²) in [7, 11) is 0. The maximum absolute atomic E-state index is 5.75. The van der Waals surface area contributed by atoms with Gasteiger partial charge in [-0.1, -0.05) is 115 Å². The molecule has 0 radical (unpaired) electrons. The van der Waals surface area contributed by atoms with Gasteiger partial charge >= 0.3 is 0 Å². The van der Waals surface area contributed by atoms with E-state index in [0.29, 0.717) is 11.8 Å². The van der Waals surface area contributed by atoms with Crippen LogP contribution in [0, 0.1) is 23.7 Å². The zero-order chi connectivity index (χ0) is 33.5. The molecule has 4 saturated carbocycles. The van der Waals surface area contributed by atoms with Crippen molar-refractivity contribution in [3.8, 4) is 28.1 Å². The number of nitrogens with zero attached hydrogens (tertiary/aromatic N) is 3. The number of hydrogen-bond donors (Lipinski definition) is 0. The highest BCUT2D eigenvalue weighted by atomic mass is 15.0. The van der Waals surface area contributed by atoms with E-state index in [1.807, 2.05) is 0 Å². The van der Waals surface area contributed by atoms with Gasteiger partial charge in [-0.05, 0) is 109 Å². The van der Waals surface area contributed by atoms with Crippen molar-refractivity contribution in [1.29, 1.82) is 0 Å². The highest BCUT2D eigenvalue weighted by Gasteiger charge is 2.60. The maximum atomic E-state index is 5.75. The molecule has 0 atom stereocenters.